The number of rotatable bonds is 13. The van der Waals surface area contributed by atoms with Gasteiger partial charge in [-0.25, -0.2) is 18.7 Å². The smallest absolute Gasteiger partial charge is 0.309 e. The largest absolute Gasteiger partial charge is 0.481 e. The number of hydrogen-bond acceptors (Lipinski definition) is 11. The number of hydrogen-bond donors (Lipinski definition) is 3. The molecular formula is C50H48F2N6O8. The van der Waals surface area contributed by atoms with Crippen molar-refractivity contribution in [2.75, 3.05) is 42.6 Å². The van der Waals surface area contributed by atoms with Gasteiger partial charge in [-0.2, -0.15) is 0 Å². The molecule has 2 amide bonds. The maximum absolute atomic E-state index is 13.1. The predicted octanol–water partition coefficient (Wildman–Crippen LogP) is 8.64. The Labute approximate surface area is 379 Å². The molecule has 0 bridgehead atoms. The van der Waals surface area contributed by atoms with Crippen LogP contribution in [0.4, 0.5) is 20.2 Å². The van der Waals surface area contributed by atoms with Crippen molar-refractivity contribution in [1.82, 2.24) is 9.97 Å². The molecule has 0 atom stereocenters. The monoisotopic (exact) mass is 898 g/mol. The van der Waals surface area contributed by atoms with Crippen LogP contribution in [0.25, 0.3) is 22.5 Å². The molecule has 2 aliphatic heterocycles. The molecule has 4 heterocycles. The number of aromatic nitrogens is 2. The fourth-order valence-electron chi connectivity index (χ4n) is 7.63. The zero-order valence-electron chi connectivity index (χ0n) is 36.1. The summed E-state index contributed by atoms with van der Waals surface area (Å²) >= 11 is 0. The summed E-state index contributed by atoms with van der Waals surface area (Å²) in [5, 5.41) is 9.22. The zero-order valence-corrected chi connectivity index (χ0v) is 36.1. The maximum Gasteiger partial charge on any atom is 0.309 e. The van der Waals surface area contributed by atoms with Crippen molar-refractivity contribution in [3.8, 4) is 45.5 Å². The molecule has 2 saturated heterocycles. The highest BCUT2D eigenvalue weighted by molar-refractivity contribution is 5.93. The minimum Gasteiger partial charge on any atom is -0.481 e. The summed E-state index contributed by atoms with van der Waals surface area (Å²) < 4.78 is 42.7. The third kappa shape index (κ3) is 12.0. The molecule has 4 aromatic carbocycles. The molecule has 16 heteroatoms. The molecule has 14 nitrogen and oxygen atoms in total. The van der Waals surface area contributed by atoms with E-state index in [2.05, 4.69) is 14.9 Å². The second-order valence-electron chi connectivity index (χ2n) is 15.7. The first-order chi connectivity index (χ1) is 31.8. The van der Waals surface area contributed by atoms with Gasteiger partial charge in [0.25, 0.3) is 11.8 Å². The van der Waals surface area contributed by atoms with Crippen LogP contribution >= 0.6 is 0 Å². The van der Waals surface area contributed by atoms with E-state index in [4.69, 9.17) is 25.7 Å². The summed E-state index contributed by atoms with van der Waals surface area (Å²) in [4.78, 5) is 60.1. The lowest BCUT2D eigenvalue weighted by Gasteiger charge is -2.33. The number of benzene rings is 4. The summed E-state index contributed by atoms with van der Waals surface area (Å²) in [7, 11) is 0. The Morgan fingerprint density at radius 1 is 0.576 bits per heavy atom. The number of amides is 2. The van der Waals surface area contributed by atoms with Crippen molar-refractivity contribution in [3.63, 3.8) is 0 Å². The van der Waals surface area contributed by atoms with E-state index in [0.717, 1.165) is 22.5 Å². The van der Waals surface area contributed by atoms with Crippen LogP contribution in [0.3, 0.4) is 0 Å². The normalized spacial score (nSPS) is 14.1. The number of anilines is 2. The lowest BCUT2D eigenvalue weighted by atomic mass is 9.96. The SMILES string of the molecule is CCOC(=O)C1CCN(c2cc(C(N)=O)nc(-c3ccc(Oc4ccc(F)cc4)cc3)c2)CC1.NC(=O)c1cc(N2CCC(C(=O)O)CC2)cc(-c2ccc(Oc3ccc(F)cc3)cc2)n1. The number of halogens is 2. The predicted molar refractivity (Wildman–Crippen MR) is 243 cm³/mol. The summed E-state index contributed by atoms with van der Waals surface area (Å²) in [6.45, 7) is 4.65. The third-order valence-electron chi connectivity index (χ3n) is 11.2. The van der Waals surface area contributed by atoms with E-state index in [9.17, 15) is 33.1 Å². The van der Waals surface area contributed by atoms with Gasteiger partial charge in [0.1, 0.15) is 46.0 Å². The van der Waals surface area contributed by atoms with Crippen LogP contribution < -0.4 is 30.7 Å². The molecule has 5 N–H and O–H groups in total. The molecule has 340 valence electrons. The molecule has 6 aromatic rings. The molecule has 0 unspecified atom stereocenters. The highest BCUT2D eigenvalue weighted by Gasteiger charge is 2.28. The maximum atomic E-state index is 13.1. The Kier molecular flexibility index (Phi) is 14.8. The lowest BCUT2D eigenvalue weighted by Crippen LogP contribution is -2.37. The van der Waals surface area contributed by atoms with E-state index in [0.29, 0.717) is 92.9 Å². The van der Waals surface area contributed by atoms with Crippen LogP contribution in [0.2, 0.25) is 0 Å². The number of pyridine rings is 2. The first kappa shape index (κ1) is 46.1. The van der Waals surface area contributed by atoms with Gasteiger partial charge in [-0.3, -0.25) is 19.2 Å². The molecule has 0 saturated carbocycles. The van der Waals surface area contributed by atoms with E-state index < -0.39 is 17.8 Å². The third-order valence-corrected chi connectivity index (χ3v) is 11.2. The summed E-state index contributed by atoms with van der Waals surface area (Å²) in [5.41, 5.74) is 15.7. The minimum absolute atomic E-state index is 0.109. The Morgan fingerprint density at radius 3 is 1.26 bits per heavy atom. The van der Waals surface area contributed by atoms with Gasteiger partial charge in [-0.05, 0) is 154 Å². The molecule has 0 spiro atoms. The number of nitrogens with zero attached hydrogens (tertiary/aromatic N) is 4. The number of carbonyl (C=O) groups is 4. The van der Waals surface area contributed by atoms with E-state index >= 15 is 0 Å². The van der Waals surface area contributed by atoms with E-state index in [1.54, 1.807) is 67.6 Å². The minimum atomic E-state index is -0.777. The van der Waals surface area contributed by atoms with Crippen molar-refractivity contribution in [1.29, 1.82) is 0 Å². The molecule has 66 heavy (non-hydrogen) atoms. The summed E-state index contributed by atoms with van der Waals surface area (Å²) in [5.74, 6) is -1.11. The van der Waals surface area contributed by atoms with Crippen molar-refractivity contribution in [2.24, 2.45) is 23.3 Å². The van der Waals surface area contributed by atoms with Crippen LogP contribution in [0.5, 0.6) is 23.0 Å². The lowest BCUT2D eigenvalue weighted by molar-refractivity contribution is -0.148. The quantitative estimate of drug-likeness (QED) is 0.0934. The Bertz CT molecular complexity index is 2650. The number of primary amides is 2. The number of aliphatic carboxylic acids is 1. The number of carbonyl (C=O) groups excluding carboxylic acids is 3. The Morgan fingerprint density at radius 2 is 0.924 bits per heavy atom. The van der Waals surface area contributed by atoms with E-state index in [-0.39, 0.29) is 40.8 Å². The fraction of sp³-hybridized carbons (Fsp3) is 0.240. The Hall–Kier alpha value is -7.88. The number of nitrogens with two attached hydrogens (primary N) is 2. The first-order valence-corrected chi connectivity index (χ1v) is 21.4. The van der Waals surface area contributed by atoms with Gasteiger partial charge < -0.3 is 40.6 Å². The number of piperidine rings is 2. The topological polar surface area (TPSA) is 200 Å². The van der Waals surface area contributed by atoms with Gasteiger partial charge in [0, 0.05) is 48.7 Å². The second-order valence-corrected chi connectivity index (χ2v) is 15.7. The average Bonchev–Trinajstić information content (AvgIpc) is 3.33. The van der Waals surface area contributed by atoms with Gasteiger partial charge in [-0.15, -0.1) is 0 Å². The zero-order chi connectivity index (χ0) is 46.7. The molecule has 0 radical (unpaired) electrons. The van der Waals surface area contributed by atoms with Crippen LogP contribution in [-0.4, -0.2) is 71.6 Å². The van der Waals surface area contributed by atoms with Crippen molar-refractivity contribution >= 4 is 35.1 Å². The van der Waals surface area contributed by atoms with Gasteiger partial charge >= 0.3 is 11.9 Å². The number of esters is 1. The standard InChI is InChI=1S/C26H26FN3O4.C24H22FN3O4/c1-2-33-26(32)18-11-13-30(14-12-18)20-15-23(29-24(16-20)25(28)31)17-3-7-21(8-4-17)34-22-9-5-19(27)6-10-22;25-17-3-7-20(8-4-17)32-19-5-1-15(2-6-19)21-13-18(14-22(27-21)23(26)29)28-11-9-16(10-12-28)24(30)31/h3-10,15-16,18H,2,11-14H2,1H3,(H2,28,31);1-8,13-14,16H,9-12H2,(H2,26,29)(H,30,31). The van der Waals surface area contributed by atoms with Gasteiger partial charge in [-0.1, -0.05) is 0 Å². The highest BCUT2D eigenvalue weighted by atomic mass is 19.1. The van der Waals surface area contributed by atoms with Crippen LogP contribution in [0.1, 0.15) is 53.6 Å². The highest BCUT2D eigenvalue weighted by Crippen LogP contribution is 2.32. The number of carboxylic acid groups (broad SMARTS) is 1. The van der Waals surface area contributed by atoms with Gasteiger partial charge in [0.2, 0.25) is 0 Å². The van der Waals surface area contributed by atoms with Crippen LogP contribution in [0, 0.1) is 23.5 Å². The molecule has 2 aliphatic rings. The van der Waals surface area contributed by atoms with Crippen molar-refractivity contribution in [2.45, 2.75) is 32.6 Å². The summed E-state index contributed by atoms with van der Waals surface area (Å²) in [6.07, 6.45) is 2.43. The van der Waals surface area contributed by atoms with Gasteiger partial charge in [0.05, 0.1) is 29.8 Å². The number of ether oxygens (including phenoxy) is 3. The van der Waals surface area contributed by atoms with Crippen LogP contribution in [-0.2, 0) is 14.3 Å². The van der Waals surface area contributed by atoms with Crippen LogP contribution in [0.15, 0.2) is 121 Å². The summed E-state index contributed by atoms with van der Waals surface area (Å²) in [6, 6.07) is 33.0. The molecule has 8 rings (SSSR count). The second kappa shape index (κ2) is 21.2. The fourth-order valence-corrected chi connectivity index (χ4v) is 7.63. The number of carboxylic acids is 1. The van der Waals surface area contributed by atoms with Gasteiger partial charge in [0.15, 0.2) is 0 Å². The molecule has 2 aromatic heterocycles. The van der Waals surface area contributed by atoms with E-state index in [1.807, 2.05) is 41.3 Å². The Balaban J connectivity index is 0.000000197. The first-order valence-electron chi connectivity index (χ1n) is 21.4. The molecule has 2 fully saturated rings. The van der Waals surface area contributed by atoms with Crippen molar-refractivity contribution in [3.05, 3.63) is 144 Å². The average molecular weight is 899 g/mol. The molecule has 0 aliphatic carbocycles. The molecular weight excluding hydrogens is 851 g/mol. The van der Waals surface area contributed by atoms with Crippen molar-refractivity contribution < 1.29 is 47.3 Å². The van der Waals surface area contributed by atoms with E-state index in [1.165, 1.54) is 24.3 Å².